The van der Waals surface area contributed by atoms with E-state index in [4.69, 9.17) is 11.6 Å². The van der Waals surface area contributed by atoms with Crippen LogP contribution in [0.4, 0.5) is 5.69 Å². The lowest BCUT2D eigenvalue weighted by Crippen LogP contribution is -2.42. The van der Waals surface area contributed by atoms with E-state index in [0.29, 0.717) is 10.7 Å². The van der Waals surface area contributed by atoms with Crippen LogP contribution in [0.25, 0.3) is 6.08 Å². The predicted molar refractivity (Wildman–Crippen MR) is 113 cm³/mol. The summed E-state index contributed by atoms with van der Waals surface area (Å²) in [4.78, 5) is 30.3. The summed E-state index contributed by atoms with van der Waals surface area (Å²) in [7, 11) is 0. The van der Waals surface area contributed by atoms with Crippen molar-refractivity contribution < 1.29 is 9.59 Å². The SMILES string of the molecule is O=C1[C@@H]2[C@H](C(=O)N1c1ccc(Cl)cc1)[C@@H](/C=C/c1ccccc1)N1CSC[C@H]21. The van der Waals surface area contributed by atoms with Gasteiger partial charge in [-0.3, -0.25) is 14.5 Å². The monoisotopic (exact) mass is 410 g/mol. The van der Waals surface area contributed by atoms with Crippen LogP contribution in [0.3, 0.4) is 0 Å². The van der Waals surface area contributed by atoms with Gasteiger partial charge in [0.1, 0.15) is 0 Å². The number of amides is 2. The summed E-state index contributed by atoms with van der Waals surface area (Å²) in [5.74, 6) is 0.982. The molecule has 0 bridgehead atoms. The van der Waals surface area contributed by atoms with Crippen LogP contribution in [0.15, 0.2) is 60.7 Å². The van der Waals surface area contributed by atoms with Crippen LogP contribution in [0, 0.1) is 11.8 Å². The number of carbonyl (C=O) groups excluding carboxylic acids is 2. The molecule has 3 aliphatic heterocycles. The predicted octanol–water partition coefficient (Wildman–Crippen LogP) is 3.92. The number of carbonyl (C=O) groups is 2. The molecule has 2 aromatic rings. The van der Waals surface area contributed by atoms with Crippen molar-refractivity contribution in [3.05, 3.63) is 71.3 Å². The number of fused-ring (bicyclic) bond motifs is 3. The van der Waals surface area contributed by atoms with E-state index in [1.165, 1.54) is 4.90 Å². The highest BCUT2D eigenvalue weighted by atomic mass is 35.5. The van der Waals surface area contributed by atoms with Gasteiger partial charge in [0.15, 0.2) is 0 Å². The van der Waals surface area contributed by atoms with Crippen molar-refractivity contribution in [2.24, 2.45) is 11.8 Å². The van der Waals surface area contributed by atoms with Crippen LogP contribution in [-0.2, 0) is 9.59 Å². The van der Waals surface area contributed by atoms with Gasteiger partial charge < -0.3 is 0 Å². The van der Waals surface area contributed by atoms with E-state index in [1.54, 1.807) is 24.3 Å². The minimum atomic E-state index is -0.325. The molecule has 3 fully saturated rings. The zero-order valence-corrected chi connectivity index (χ0v) is 16.6. The van der Waals surface area contributed by atoms with Crippen molar-refractivity contribution in [3.8, 4) is 0 Å². The van der Waals surface area contributed by atoms with E-state index in [-0.39, 0.29) is 35.7 Å². The number of benzene rings is 2. The fraction of sp³-hybridized carbons (Fsp3) is 0.273. The van der Waals surface area contributed by atoms with Crippen LogP contribution in [0.1, 0.15) is 5.56 Å². The quantitative estimate of drug-likeness (QED) is 0.719. The minimum Gasteiger partial charge on any atom is -0.282 e. The van der Waals surface area contributed by atoms with Gasteiger partial charge in [-0.1, -0.05) is 54.1 Å². The first-order chi connectivity index (χ1) is 13.6. The van der Waals surface area contributed by atoms with Crippen LogP contribution in [0.5, 0.6) is 0 Å². The third-order valence-corrected chi connectivity index (χ3v) is 7.20. The Morgan fingerprint density at radius 1 is 0.964 bits per heavy atom. The topological polar surface area (TPSA) is 40.6 Å². The number of anilines is 1. The molecule has 0 aromatic heterocycles. The van der Waals surface area contributed by atoms with Crippen LogP contribution in [0.2, 0.25) is 5.02 Å². The maximum absolute atomic E-state index is 13.3. The Labute approximate surface area is 173 Å². The molecule has 3 saturated heterocycles. The molecule has 4 atom stereocenters. The van der Waals surface area contributed by atoms with Crippen molar-refractivity contribution in [2.75, 3.05) is 16.5 Å². The van der Waals surface area contributed by atoms with Crippen LogP contribution in [-0.4, -0.2) is 40.4 Å². The largest absolute Gasteiger partial charge is 0.282 e. The lowest BCUT2D eigenvalue weighted by Gasteiger charge is -2.25. The highest BCUT2D eigenvalue weighted by Gasteiger charge is 2.62. The summed E-state index contributed by atoms with van der Waals surface area (Å²) in [5, 5.41) is 0.588. The third kappa shape index (κ3) is 2.81. The fourth-order valence-corrected chi connectivity index (χ4v) is 6.06. The van der Waals surface area contributed by atoms with E-state index in [9.17, 15) is 9.59 Å². The van der Waals surface area contributed by atoms with Gasteiger partial charge in [0, 0.05) is 28.7 Å². The fourth-order valence-electron chi connectivity index (χ4n) is 4.62. The molecule has 0 unspecified atom stereocenters. The molecule has 0 spiro atoms. The Kier molecular flexibility index (Phi) is 4.54. The number of hydrogen-bond donors (Lipinski definition) is 0. The van der Waals surface area contributed by atoms with Gasteiger partial charge in [0.05, 0.1) is 17.5 Å². The molecule has 5 rings (SSSR count). The zero-order chi connectivity index (χ0) is 19.3. The summed E-state index contributed by atoms with van der Waals surface area (Å²) < 4.78 is 0. The Bertz CT molecular complexity index is 947. The minimum absolute atomic E-state index is 0.0565. The maximum Gasteiger partial charge on any atom is 0.239 e. The van der Waals surface area contributed by atoms with E-state index in [2.05, 4.69) is 17.1 Å². The lowest BCUT2D eigenvalue weighted by molar-refractivity contribution is -0.123. The molecule has 2 amide bonds. The highest BCUT2D eigenvalue weighted by molar-refractivity contribution is 7.99. The zero-order valence-electron chi connectivity index (χ0n) is 15.1. The Hall–Kier alpha value is -2.08. The first-order valence-electron chi connectivity index (χ1n) is 9.35. The summed E-state index contributed by atoms with van der Waals surface area (Å²) in [6.45, 7) is 0. The average molecular weight is 411 g/mol. The van der Waals surface area contributed by atoms with Gasteiger partial charge in [0.2, 0.25) is 11.8 Å². The Morgan fingerprint density at radius 3 is 2.43 bits per heavy atom. The Balaban J connectivity index is 1.50. The number of thioether (sulfide) groups is 1. The van der Waals surface area contributed by atoms with Crippen LogP contribution < -0.4 is 4.90 Å². The van der Waals surface area contributed by atoms with E-state index in [0.717, 1.165) is 17.2 Å². The molecule has 0 N–H and O–H groups in total. The lowest BCUT2D eigenvalue weighted by atomic mass is 9.89. The number of hydrogen-bond acceptors (Lipinski definition) is 4. The smallest absolute Gasteiger partial charge is 0.239 e. The highest BCUT2D eigenvalue weighted by Crippen LogP contribution is 2.48. The molecular weight excluding hydrogens is 392 g/mol. The average Bonchev–Trinajstić information content (AvgIpc) is 3.35. The molecule has 3 aliphatic rings. The molecule has 0 saturated carbocycles. The number of imide groups is 1. The Morgan fingerprint density at radius 2 is 1.68 bits per heavy atom. The molecule has 6 heteroatoms. The van der Waals surface area contributed by atoms with Gasteiger partial charge in [0.25, 0.3) is 0 Å². The number of halogens is 1. The first kappa shape index (κ1) is 18.0. The van der Waals surface area contributed by atoms with Crippen molar-refractivity contribution in [1.29, 1.82) is 0 Å². The summed E-state index contributed by atoms with van der Waals surface area (Å²) in [6, 6.07) is 17.1. The molecule has 4 nitrogen and oxygen atoms in total. The summed E-state index contributed by atoms with van der Waals surface area (Å²) in [6.07, 6.45) is 4.17. The van der Waals surface area contributed by atoms with Gasteiger partial charge in [-0.2, -0.15) is 0 Å². The number of rotatable bonds is 3. The normalized spacial score (nSPS) is 29.7. The summed E-state index contributed by atoms with van der Waals surface area (Å²) >= 11 is 7.81. The third-order valence-electron chi connectivity index (χ3n) is 5.89. The molecule has 3 heterocycles. The van der Waals surface area contributed by atoms with Gasteiger partial charge in [-0.05, 0) is 29.8 Å². The maximum atomic E-state index is 13.3. The van der Waals surface area contributed by atoms with Gasteiger partial charge >= 0.3 is 0 Å². The van der Waals surface area contributed by atoms with Crippen LogP contribution >= 0.6 is 23.4 Å². The van der Waals surface area contributed by atoms with E-state index in [1.807, 2.05) is 42.1 Å². The molecule has 142 valence electrons. The number of nitrogens with zero attached hydrogens (tertiary/aromatic N) is 2. The molecule has 0 aliphatic carbocycles. The van der Waals surface area contributed by atoms with Crippen molar-refractivity contribution >= 4 is 46.9 Å². The second-order valence-electron chi connectivity index (χ2n) is 7.38. The van der Waals surface area contributed by atoms with E-state index >= 15 is 0 Å². The van der Waals surface area contributed by atoms with Gasteiger partial charge in [-0.15, -0.1) is 11.8 Å². The second-order valence-corrected chi connectivity index (χ2v) is 8.82. The van der Waals surface area contributed by atoms with E-state index < -0.39 is 0 Å². The van der Waals surface area contributed by atoms with Crippen molar-refractivity contribution in [3.63, 3.8) is 0 Å². The molecule has 2 aromatic carbocycles. The van der Waals surface area contributed by atoms with Crippen molar-refractivity contribution in [1.82, 2.24) is 4.90 Å². The van der Waals surface area contributed by atoms with Crippen molar-refractivity contribution in [2.45, 2.75) is 12.1 Å². The molecule has 0 radical (unpaired) electrons. The molecule has 28 heavy (non-hydrogen) atoms. The molecular formula is C22H19ClN2O2S. The van der Waals surface area contributed by atoms with Gasteiger partial charge in [-0.25, -0.2) is 4.90 Å². The second kappa shape index (κ2) is 7.07. The first-order valence-corrected chi connectivity index (χ1v) is 10.9. The standard InChI is InChI=1S/C22H19ClN2O2S/c23-15-7-9-16(10-8-15)25-21(26)19-17(11-6-14-4-2-1-3-5-14)24-13-28-12-18(24)20(19)22(25)27/h1-11,17-20H,12-13H2/b11-6+/t17-,18-,19-,20+/m1/s1. The summed E-state index contributed by atoms with van der Waals surface area (Å²) in [5.41, 5.74) is 1.71.